The van der Waals surface area contributed by atoms with Crippen LogP contribution in [0, 0.1) is 5.82 Å². The van der Waals surface area contributed by atoms with Crippen molar-refractivity contribution in [1.82, 2.24) is 20.0 Å². The number of benzene rings is 1. The maximum Gasteiger partial charge on any atom is 0.165 e. The van der Waals surface area contributed by atoms with Crippen molar-refractivity contribution in [3.05, 3.63) is 48.0 Å². The molecule has 0 aliphatic rings. The molecule has 0 fully saturated rings. The Bertz CT molecular complexity index is 707. The van der Waals surface area contributed by atoms with Crippen LogP contribution in [-0.2, 0) is 6.54 Å². The summed E-state index contributed by atoms with van der Waals surface area (Å²) in [6.45, 7) is 0.384. The summed E-state index contributed by atoms with van der Waals surface area (Å²) in [5.74, 6) is 0.0438. The van der Waals surface area contributed by atoms with Gasteiger partial charge in [-0.2, -0.15) is 0 Å². The summed E-state index contributed by atoms with van der Waals surface area (Å²) in [6.07, 6.45) is 3.28. The monoisotopic (exact) mass is 243 g/mol. The van der Waals surface area contributed by atoms with E-state index in [0.29, 0.717) is 12.4 Å². The molecule has 0 radical (unpaired) electrons. The number of hydrogen-bond acceptors (Lipinski definition) is 4. The van der Waals surface area contributed by atoms with E-state index < -0.39 is 0 Å². The second-order valence-corrected chi connectivity index (χ2v) is 3.98. The first kappa shape index (κ1) is 10.6. The van der Waals surface area contributed by atoms with Crippen LogP contribution >= 0.6 is 0 Å². The highest BCUT2D eigenvalue weighted by molar-refractivity contribution is 5.81. The number of aromatic nitrogens is 4. The topological polar surface area (TPSA) is 69.6 Å². The van der Waals surface area contributed by atoms with Gasteiger partial charge in [-0.25, -0.2) is 9.07 Å². The fourth-order valence-corrected chi connectivity index (χ4v) is 1.91. The number of anilines is 1. The van der Waals surface area contributed by atoms with Gasteiger partial charge < -0.3 is 5.73 Å². The Morgan fingerprint density at radius 2 is 2.22 bits per heavy atom. The van der Waals surface area contributed by atoms with Crippen LogP contribution < -0.4 is 5.73 Å². The van der Waals surface area contributed by atoms with Gasteiger partial charge >= 0.3 is 0 Å². The van der Waals surface area contributed by atoms with E-state index in [9.17, 15) is 4.39 Å². The fourth-order valence-electron chi connectivity index (χ4n) is 1.91. The van der Waals surface area contributed by atoms with Crippen molar-refractivity contribution in [2.75, 3.05) is 5.73 Å². The van der Waals surface area contributed by atoms with E-state index in [1.807, 2.05) is 6.07 Å². The molecule has 6 heteroatoms. The van der Waals surface area contributed by atoms with Crippen LogP contribution in [0.5, 0.6) is 0 Å². The van der Waals surface area contributed by atoms with Crippen LogP contribution in [0.3, 0.4) is 0 Å². The smallest absolute Gasteiger partial charge is 0.165 e. The van der Waals surface area contributed by atoms with Crippen molar-refractivity contribution < 1.29 is 4.39 Å². The van der Waals surface area contributed by atoms with E-state index in [4.69, 9.17) is 5.73 Å². The molecule has 2 N–H and O–H groups in total. The number of pyridine rings is 1. The lowest BCUT2D eigenvalue weighted by atomic mass is 10.1. The lowest BCUT2D eigenvalue weighted by Crippen LogP contribution is -2.02. The van der Waals surface area contributed by atoms with Gasteiger partial charge in [0.2, 0.25) is 0 Å². The van der Waals surface area contributed by atoms with Crippen molar-refractivity contribution in [3.8, 4) is 0 Å². The van der Waals surface area contributed by atoms with Gasteiger partial charge in [-0.1, -0.05) is 11.3 Å². The van der Waals surface area contributed by atoms with Crippen molar-refractivity contribution >= 4 is 16.7 Å². The van der Waals surface area contributed by atoms with Crippen LogP contribution in [-0.4, -0.2) is 20.0 Å². The summed E-state index contributed by atoms with van der Waals surface area (Å²) < 4.78 is 15.1. The molecular weight excluding hydrogens is 233 g/mol. The van der Waals surface area contributed by atoms with Crippen LogP contribution in [0.25, 0.3) is 10.9 Å². The zero-order valence-corrected chi connectivity index (χ0v) is 9.42. The third-order valence-electron chi connectivity index (χ3n) is 2.64. The third kappa shape index (κ3) is 1.88. The van der Waals surface area contributed by atoms with Crippen LogP contribution in [0.1, 0.15) is 5.56 Å². The number of nitrogens with two attached hydrogens (primary N) is 1. The lowest BCUT2D eigenvalue weighted by molar-refractivity contribution is 0.617. The molecule has 5 nitrogen and oxygen atoms in total. The Hall–Kier alpha value is -2.50. The van der Waals surface area contributed by atoms with Crippen molar-refractivity contribution in [3.63, 3.8) is 0 Å². The minimum absolute atomic E-state index is 0.293. The van der Waals surface area contributed by atoms with Gasteiger partial charge in [0, 0.05) is 17.1 Å². The minimum Gasteiger partial charge on any atom is -0.381 e. The largest absolute Gasteiger partial charge is 0.381 e. The SMILES string of the molecule is Nc1cn(Cc2cc(F)cc3cccnc23)nn1. The molecule has 1 aromatic carbocycles. The molecule has 0 saturated heterocycles. The first-order valence-electron chi connectivity index (χ1n) is 5.41. The second kappa shape index (κ2) is 4.06. The van der Waals surface area contributed by atoms with Gasteiger partial charge in [-0.05, 0) is 18.2 Å². The number of fused-ring (bicyclic) bond motifs is 1. The summed E-state index contributed by atoms with van der Waals surface area (Å²) in [7, 11) is 0. The molecule has 2 aromatic heterocycles. The van der Waals surface area contributed by atoms with Gasteiger partial charge in [-0.3, -0.25) is 4.98 Å². The molecule has 0 unspecified atom stereocenters. The molecule has 0 amide bonds. The molecular formula is C12H10FN5. The van der Waals surface area contributed by atoms with E-state index in [0.717, 1.165) is 16.5 Å². The molecule has 18 heavy (non-hydrogen) atoms. The average molecular weight is 243 g/mol. The number of nitrogen functional groups attached to an aromatic ring is 1. The molecule has 2 heterocycles. The van der Waals surface area contributed by atoms with Gasteiger partial charge in [0.1, 0.15) is 5.82 Å². The number of hydrogen-bond donors (Lipinski definition) is 1. The summed E-state index contributed by atoms with van der Waals surface area (Å²) in [6, 6.07) is 6.51. The number of nitrogens with zero attached hydrogens (tertiary/aromatic N) is 4. The fraction of sp³-hybridized carbons (Fsp3) is 0.0833. The normalized spacial score (nSPS) is 10.9. The predicted molar refractivity (Wildman–Crippen MR) is 65.2 cm³/mol. The van der Waals surface area contributed by atoms with Crippen LogP contribution in [0.2, 0.25) is 0 Å². The zero-order valence-electron chi connectivity index (χ0n) is 9.42. The molecule has 3 aromatic rings. The van der Waals surface area contributed by atoms with Gasteiger partial charge in [0.25, 0.3) is 0 Å². The van der Waals surface area contributed by atoms with Crippen LogP contribution in [0.15, 0.2) is 36.7 Å². The van der Waals surface area contributed by atoms with Crippen molar-refractivity contribution in [2.24, 2.45) is 0 Å². The summed E-state index contributed by atoms with van der Waals surface area (Å²) >= 11 is 0. The van der Waals surface area contributed by atoms with Crippen molar-refractivity contribution in [1.29, 1.82) is 0 Å². The van der Waals surface area contributed by atoms with E-state index in [-0.39, 0.29) is 5.82 Å². The Labute approximate surface area is 102 Å². The second-order valence-electron chi connectivity index (χ2n) is 3.98. The van der Waals surface area contributed by atoms with E-state index in [2.05, 4.69) is 15.3 Å². The lowest BCUT2D eigenvalue weighted by Gasteiger charge is -2.05. The number of halogens is 1. The molecule has 3 rings (SSSR count). The molecule has 0 aliphatic heterocycles. The zero-order chi connectivity index (χ0) is 12.5. The number of rotatable bonds is 2. The van der Waals surface area contributed by atoms with Gasteiger partial charge in [0.05, 0.1) is 18.3 Å². The van der Waals surface area contributed by atoms with Crippen LogP contribution in [0.4, 0.5) is 10.2 Å². The Balaban J connectivity index is 2.10. The summed E-state index contributed by atoms with van der Waals surface area (Å²) in [5, 5.41) is 8.30. The molecule has 0 saturated carbocycles. The standard InChI is InChI=1S/C12H10FN5/c13-10-4-8-2-1-3-15-12(8)9(5-10)6-18-7-11(14)16-17-18/h1-5,7H,6,14H2. The van der Waals surface area contributed by atoms with E-state index in [1.54, 1.807) is 23.1 Å². The van der Waals surface area contributed by atoms with E-state index >= 15 is 0 Å². The Kier molecular flexibility index (Phi) is 2.40. The van der Waals surface area contributed by atoms with E-state index in [1.165, 1.54) is 12.1 Å². The molecule has 0 aliphatic carbocycles. The molecule has 0 atom stereocenters. The summed E-state index contributed by atoms with van der Waals surface area (Å²) in [5.41, 5.74) is 6.99. The third-order valence-corrected chi connectivity index (χ3v) is 2.64. The first-order chi connectivity index (χ1) is 8.72. The maximum absolute atomic E-state index is 13.5. The molecule has 0 bridgehead atoms. The van der Waals surface area contributed by atoms with Gasteiger partial charge in [0.15, 0.2) is 5.82 Å². The molecule has 0 spiro atoms. The predicted octanol–water partition coefficient (Wildman–Crippen LogP) is 1.60. The highest BCUT2D eigenvalue weighted by atomic mass is 19.1. The Morgan fingerprint density at radius 1 is 1.33 bits per heavy atom. The minimum atomic E-state index is -0.293. The Morgan fingerprint density at radius 3 is 3.00 bits per heavy atom. The first-order valence-corrected chi connectivity index (χ1v) is 5.41. The quantitative estimate of drug-likeness (QED) is 0.742. The molecule has 90 valence electrons. The average Bonchev–Trinajstić information content (AvgIpc) is 2.74. The summed E-state index contributed by atoms with van der Waals surface area (Å²) in [4.78, 5) is 4.27. The van der Waals surface area contributed by atoms with Gasteiger partial charge in [-0.15, -0.1) is 5.10 Å². The highest BCUT2D eigenvalue weighted by Crippen LogP contribution is 2.19. The maximum atomic E-state index is 13.5. The highest BCUT2D eigenvalue weighted by Gasteiger charge is 2.07. The van der Waals surface area contributed by atoms with Crippen molar-refractivity contribution in [2.45, 2.75) is 6.54 Å².